The van der Waals surface area contributed by atoms with E-state index < -0.39 is 17.5 Å². The number of fused-ring (bicyclic) bond motifs is 1. The van der Waals surface area contributed by atoms with E-state index in [1.54, 1.807) is 0 Å². The normalized spacial score (nSPS) is 13.9. The third-order valence-corrected chi connectivity index (χ3v) is 3.45. The minimum atomic E-state index is -0.786. The second-order valence-electron chi connectivity index (χ2n) is 4.29. The Bertz CT molecular complexity index is 585. The van der Waals surface area contributed by atoms with Crippen LogP contribution in [0.5, 0.6) is 0 Å². The van der Waals surface area contributed by atoms with Gasteiger partial charge in [0.15, 0.2) is 5.78 Å². The van der Waals surface area contributed by atoms with Crippen molar-refractivity contribution in [3.8, 4) is 0 Å². The zero-order chi connectivity index (χ0) is 14.2. The smallest absolute Gasteiger partial charge is 0.298 e. The lowest BCUT2D eigenvalue weighted by Gasteiger charge is -2.16. The number of amides is 1. The number of carbonyl (C=O) groups is 3. The number of rotatable bonds is 4. The van der Waals surface area contributed by atoms with Crippen LogP contribution in [0.4, 0.5) is 10.1 Å². The lowest BCUT2D eigenvalue weighted by atomic mass is 10.1. The summed E-state index contributed by atoms with van der Waals surface area (Å²) in [6, 6.07) is 2.19. The topological polar surface area (TPSA) is 54.5 Å². The van der Waals surface area contributed by atoms with Crippen molar-refractivity contribution in [2.45, 2.75) is 19.8 Å². The average molecular weight is 328 g/mol. The first-order valence-electron chi connectivity index (χ1n) is 5.82. The molecule has 4 nitrogen and oxygen atoms in total. The molecule has 2 rings (SSSR count). The molecular formula is C13H11BrFNO3. The van der Waals surface area contributed by atoms with Gasteiger partial charge in [0.2, 0.25) is 0 Å². The van der Waals surface area contributed by atoms with Crippen molar-refractivity contribution in [3.05, 3.63) is 28.0 Å². The van der Waals surface area contributed by atoms with Crippen molar-refractivity contribution >= 4 is 39.1 Å². The predicted molar refractivity (Wildman–Crippen MR) is 70.7 cm³/mol. The molecule has 0 atom stereocenters. The molecule has 0 saturated carbocycles. The maximum Gasteiger partial charge on any atom is 0.299 e. The second kappa shape index (κ2) is 5.21. The van der Waals surface area contributed by atoms with Gasteiger partial charge in [0.05, 0.1) is 17.8 Å². The summed E-state index contributed by atoms with van der Waals surface area (Å²) in [6.07, 6.45) is 1.01. The third kappa shape index (κ3) is 2.45. The summed E-state index contributed by atoms with van der Waals surface area (Å²) in [4.78, 5) is 36.4. The first kappa shape index (κ1) is 13.9. The fourth-order valence-electron chi connectivity index (χ4n) is 2.04. The van der Waals surface area contributed by atoms with Crippen molar-refractivity contribution in [2.75, 3.05) is 11.4 Å². The maximum atomic E-state index is 13.3. The predicted octanol–water partition coefficient (Wildman–Crippen LogP) is 2.49. The molecule has 0 fully saturated rings. The molecule has 1 aliphatic heterocycles. The second-order valence-corrected chi connectivity index (χ2v) is 5.15. The fraction of sp³-hybridized carbons (Fsp3) is 0.308. The maximum absolute atomic E-state index is 13.3. The lowest BCUT2D eigenvalue weighted by molar-refractivity contribution is -0.120. The van der Waals surface area contributed by atoms with Gasteiger partial charge in [0.25, 0.3) is 11.7 Å². The van der Waals surface area contributed by atoms with Crippen LogP contribution in [0.3, 0.4) is 0 Å². The van der Waals surface area contributed by atoms with Gasteiger partial charge in [-0.3, -0.25) is 19.3 Å². The van der Waals surface area contributed by atoms with E-state index in [1.165, 1.54) is 6.07 Å². The number of nitrogens with zero attached hydrogens (tertiary/aromatic N) is 1. The van der Waals surface area contributed by atoms with Crippen molar-refractivity contribution < 1.29 is 18.8 Å². The Morgan fingerprint density at radius 1 is 1.37 bits per heavy atom. The van der Waals surface area contributed by atoms with Gasteiger partial charge in [-0.25, -0.2) is 4.39 Å². The highest BCUT2D eigenvalue weighted by molar-refractivity contribution is 9.10. The third-order valence-electron chi connectivity index (χ3n) is 2.85. The molecule has 0 unspecified atom stereocenters. The van der Waals surface area contributed by atoms with E-state index in [-0.39, 0.29) is 23.6 Å². The van der Waals surface area contributed by atoms with Gasteiger partial charge >= 0.3 is 0 Å². The summed E-state index contributed by atoms with van der Waals surface area (Å²) < 4.78 is 13.6. The molecule has 6 heteroatoms. The zero-order valence-corrected chi connectivity index (χ0v) is 11.8. The molecule has 1 aromatic rings. The number of Topliss-reactive ketones (excluding diaryl/α,β-unsaturated/α-hetero) is 2. The van der Waals surface area contributed by atoms with Crippen LogP contribution in [-0.2, 0) is 9.59 Å². The Morgan fingerprint density at radius 2 is 2.05 bits per heavy atom. The van der Waals surface area contributed by atoms with Crippen LogP contribution in [-0.4, -0.2) is 24.0 Å². The Morgan fingerprint density at radius 3 is 2.68 bits per heavy atom. The summed E-state index contributed by atoms with van der Waals surface area (Å²) in [5, 5.41) is 0. The van der Waals surface area contributed by atoms with E-state index in [9.17, 15) is 18.8 Å². The standard InChI is InChI=1S/C13H11BrFNO3/c1-2-3-8(17)6-16-11-9(12(18)13(16)19)4-7(15)5-10(11)14/h4-5H,2-3,6H2,1H3. The van der Waals surface area contributed by atoms with Crippen LogP contribution >= 0.6 is 15.9 Å². The van der Waals surface area contributed by atoms with Crippen molar-refractivity contribution in [2.24, 2.45) is 0 Å². The Labute approximate surface area is 117 Å². The van der Waals surface area contributed by atoms with E-state index >= 15 is 0 Å². The Kier molecular flexibility index (Phi) is 3.80. The van der Waals surface area contributed by atoms with E-state index in [4.69, 9.17) is 0 Å². The van der Waals surface area contributed by atoms with Gasteiger partial charge in [0, 0.05) is 10.9 Å². The van der Waals surface area contributed by atoms with Crippen LogP contribution in [0.15, 0.2) is 16.6 Å². The highest BCUT2D eigenvalue weighted by Crippen LogP contribution is 2.36. The summed E-state index contributed by atoms with van der Waals surface area (Å²) in [6.45, 7) is 1.70. The molecule has 0 bridgehead atoms. The quantitative estimate of drug-likeness (QED) is 0.798. The van der Waals surface area contributed by atoms with Gasteiger partial charge in [-0.1, -0.05) is 6.92 Å². The highest BCUT2D eigenvalue weighted by Gasteiger charge is 2.38. The van der Waals surface area contributed by atoms with Gasteiger partial charge in [-0.2, -0.15) is 0 Å². The molecule has 0 saturated heterocycles. The molecule has 0 aromatic heterocycles. The molecule has 0 radical (unpaired) electrons. The monoisotopic (exact) mass is 327 g/mol. The van der Waals surface area contributed by atoms with Crippen LogP contribution in [0.25, 0.3) is 0 Å². The van der Waals surface area contributed by atoms with E-state index in [0.717, 1.165) is 11.0 Å². The minimum absolute atomic E-state index is 0.00109. The Hall–Kier alpha value is -1.56. The molecule has 100 valence electrons. The van der Waals surface area contributed by atoms with Gasteiger partial charge in [0.1, 0.15) is 5.82 Å². The van der Waals surface area contributed by atoms with Gasteiger partial charge in [-0.15, -0.1) is 0 Å². The number of hydrogen-bond acceptors (Lipinski definition) is 3. The van der Waals surface area contributed by atoms with Crippen LogP contribution in [0, 0.1) is 5.82 Å². The Balaban J connectivity index is 2.41. The minimum Gasteiger partial charge on any atom is -0.298 e. The highest BCUT2D eigenvalue weighted by atomic mass is 79.9. The summed E-state index contributed by atoms with van der Waals surface area (Å²) in [5.74, 6) is -2.30. The molecule has 1 heterocycles. The van der Waals surface area contributed by atoms with Gasteiger partial charge in [-0.05, 0) is 34.5 Å². The molecule has 1 aromatic carbocycles. The van der Waals surface area contributed by atoms with Gasteiger partial charge < -0.3 is 0 Å². The first-order chi connectivity index (χ1) is 8.95. The molecule has 0 spiro atoms. The number of benzene rings is 1. The molecular weight excluding hydrogens is 317 g/mol. The number of anilines is 1. The molecule has 0 aliphatic carbocycles. The summed E-state index contributed by atoms with van der Waals surface area (Å²) in [5.41, 5.74) is 0.280. The van der Waals surface area contributed by atoms with Crippen LogP contribution in [0.2, 0.25) is 0 Å². The van der Waals surface area contributed by atoms with Crippen LogP contribution in [0.1, 0.15) is 30.1 Å². The molecule has 0 N–H and O–H groups in total. The zero-order valence-electron chi connectivity index (χ0n) is 10.2. The van der Waals surface area contributed by atoms with Crippen molar-refractivity contribution in [3.63, 3.8) is 0 Å². The van der Waals surface area contributed by atoms with Crippen molar-refractivity contribution in [1.82, 2.24) is 0 Å². The lowest BCUT2D eigenvalue weighted by Crippen LogP contribution is -2.34. The number of hydrogen-bond donors (Lipinski definition) is 0. The number of halogens is 2. The van der Waals surface area contributed by atoms with E-state index in [2.05, 4.69) is 15.9 Å². The molecule has 1 amide bonds. The summed E-state index contributed by atoms with van der Waals surface area (Å²) >= 11 is 3.13. The molecule has 19 heavy (non-hydrogen) atoms. The largest absolute Gasteiger partial charge is 0.299 e. The average Bonchev–Trinajstić information content (AvgIpc) is 2.55. The van der Waals surface area contributed by atoms with E-state index in [0.29, 0.717) is 17.3 Å². The van der Waals surface area contributed by atoms with E-state index in [1.807, 2.05) is 6.92 Å². The first-order valence-corrected chi connectivity index (χ1v) is 6.62. The molecule has 1 aliphatic rings. The summed E-state index contributed by atoms with van der Waals surface area (Å²) in [7, 11) is 0. The fourth-order valence-corrected chi connectivity index (χ4v) is 2.68. The van der Waals surface area contributed by atoms with Crippen LogP contribution < -0.4 is 4.90 Å². The SMILES string of the molecule is CCCC(=O)CN1C(=O)C(=O)c2cc(F)cc(Br)c21. The van der Waals surface area contributed by atoms with Crippen molar-refractivity contribution in [1.29, 1.82) is 0 Å². The number of carbonyl (C=O) groups excluding carboxylic acids is 3. The number of ketones is 2.